The molecule has 4 heteroatoms. The minimum absolute atomic E-state index is 0.182. The van der Waals surface area contributed by atoms with E-state index < -0.39 is 18.0 Å². The Kier molecular flexibility index (Phi) is 3.66. The van der Waals surface area contributed by atoms with Gasteiger partial charge in [0.15, 0.2) is 0 Å². The highest BCUT2D eigenvalue weighted by Crippen LogP contribution is 2.26. The number of aryl methyl sites for hydroxylation is 1. The molecule has 0 aliphatic carbocycles. The van der Waals surface area contributed by atoms with Crippen LogP contribution in [0.4, 0.5) is 4.39 Å². The van der Waals surface area contributed by atoms with E-state index >= 15 is 0 Å². The van der Waals surface area contributed by atoms with E-state index in [1.807, 2.05) is 0 Å². The zero-order chi connectivity index (χ0) is 11.6. The first-order valence-corrected chi connectivity index (χ1v) is 4.75. The van der Waals surface area contributed by atoms with Gasteiger partial charge in [0.2, 0.25) is 0 Å². The van der Waals surface area contributed by atoms with Gasteiger partial charge in [-0.15, -0.1) is 0 Å². The van der Waals surface area contributed by atoms with E-state index in [1.165, 1.54) is 13.2 Å². The number of hydrogen-bond acceptors (Lipinski definition) is 3. The summed E-state index contributed by atoms with van der Waals surface area (Å²) >= 11 is 0. The van der Waals surface area contributed by atoms with Crippen LogP contribution in [-0.4, -0.2) is 18.3 Å². The Morgan fingerprint density at radius 1 is 1.47 bits per heavy atom. The van der Waals surface area contributed by atoms with E-state index in [2.05, 4.69) is 0 Å². The van der Waals surface area contributed by atoms with Gasteiger partial charge in [0, 0.05) is 11.6 Å². The summed E-state index contributed by atoms with van der Waals surface area (Å²) in [6.07, 6.45) is -1.02. The van der Waals surface area contributed by atoms with Crippen LogP contribution in [0.3, 0.4) is 0 Å². The first-order chi connectivity index (χ1) is 6.97. The molecular formula is C11H16FNO2. The smallest absolute Gasteiger partial charge is 0.132 e. The lowest BCUT2D eigenvalue weighted by Crippen LogP contribution is -2.25. The Labute approximate surface area is 88.7 Å². The average Bonchev–Trinajstić information content (AvgIpc) is 2.20. The summed E-state index contributed by atoms with van der Waals surface area (Å²) in [5, 5.41) is 9.70. The highest BCUT2D eigenvalue weighted by atomic mass is 19.1. The molecule has 3 N–H and O–H groups in total. The lowest BCUT2D eigenvalue weighted by Gasteiger charge is -2.17. The van der Waals surface area contributed by atoms with Crippen molar-refractivity contribution in [3.63, 3.8) is 0 Å². The molecule has 2 unspecified atom stereocenters. The molecule has 84 valence electrons. The fraction of sp³-hybridized carbons (Fsp3) is 0.455. The normalized spacial score (nSPS) is 14.8. The molecular weight excluding hydrogens is 197 g/mol. The van der Waals surface area contributed by atoms with Gasteiger partial charge in [-0.2, -0.15) is 0 Å². The van der Waals surface area contributed by atoms with Crippen LogP contribution >= 0.6 is 0 Å². The van der Waals surface area contributed by atoms with Gasteiger partial charge in [0.1, 0.15) is 11.6 Å². The Morgan fingerprint density at radius 3 is 2.53 bits per heavy atom. The summed E-state index contributed by atoms with van der Waals surface area (Å²) in [6.45, 7) is 3.24. The summed E-state index contributed by atoms with van der Waals surface area (Å²) in [6, 6.07) is 2.52. The number of ether oxygens (including phenoxy) is 1. The van der Waals surface area contributed by atoms with Crippen LogP contribution in [0, 0.1) is 12.7 Å². The number of aliphatic hydroxyl groups excluding tert-OH is 1. The molecule has 2 atom stereocenters. The predicted molar refractivity (Wildman–Crippen MR) is 56.3 cm³/mol. The van der Waals surface area contributed by atoms with E-state index in [0.717, 1.165) is 0 Å². The summed E-state index contributed by atoms with van der Waals surface area (Å²) in [4.78, 5) is 0. The van der Waals surface area contributed by atoms with Crippen molar-refractivity contribution in [2.45, 2.75) is 26.0 Å². The lowest BCUT2D eigenvalue weighted by molar-refractivity contribution is 0.148. The molecule has 1 aromatic rings. The molecule has 0 saturated carbocycles. The van der Waals surface area contributed by atoms with Crippen LogP contribution in [0.1, 0.15) is 24.2 Å². The van der Waals surface area contributed by atoms with Crippen LogP contribution in [0.25, 0.3) is 0 Å². The van der Waals surface area contributed by atoms with E-state index in [4.69, 9.17) is 10.5 Å². The van der Waals surface area contributed by atoms with Gasteiger partial charge in [0.05, 0.1) is 13.2 Å². The third kappa shape index (κ3) is 2.46. The monoisotopic (exact) mass is 213 g/mol. The van der Waals surface area contributed by atoms with Gasteiger partial charge < -0.3 is 15.6 Å². The molecule has 0 bridgehead atoms. The molecule has 0 amide bonds. The van der Waals surface area contributed by atoms with Gasteiger partial charge in [-0.1, -0.05) is 0 Å². The average molecular weight is 213 g/mol. The fourth-order valence-corrected chi connectivity index (χ4v) is 1.38. The van der Waals surface area contributed by atoms with Gasteiger partial charge in [-0.3, -0.25) is 0 Å². The van der Waals surface area contributed by atoms with Crippen LogP contribution in [0.5, 0.6) is 5.75 Å². The largest absolute Gasteiger partial charge is 0.497 e. The molecule has 0 spiro atoms. The number of benzene rings is 1. The third-order valence-corrected chi connectivity index (χ3v) is 2.31. The molecule has 0 radical (unpaired) electrons. The minimum atomic E-state index is -1.02. The van der Waals surface area contributed by atoms with Crippen molar-refractivity contribution in [1.82, 2.24) is 0 Å². The minimum Gasteiger partial charge on any atom is -0.497 e. The summed E-state index contributed by atoms with van der Waals surface area (Å²) in [5.41, 5.74) is 6.14. The maximum atomic E-state index is 13.7. The molecule has 3 nitrogen and oxygen atoms in total. The van der Waals surface area contributed by atoms with Crippen LogP contribution in [0.15, 0.2) is 12.1 Å². The van der Waals surface area contributed by atoms with Gasteiger partial charge >= 0.3 is 0 Å². The van der Waals surface area contributed by atoms with Crippen molar-refractivity contribution in [3.05, 3.63) is 29.1 Å². The molecule has 1 aromatic carbocycles. The number of nitrogens with two attached hydrogens (primary N) is 1. The Hall–Kier alpha value is -1.13. The van der Waals surface area contributed by atoms with Crippen LogP contribution < -0.4 is 10.5 Å². The van der Waals surface area contributed by atoms with Gasteiger partial charge in [-0.25, -0.2) is 4.39 Å². The Morgan fingerprint density at radius 2 is 2.07 bits per heavy atom. The van der Waals surface area contributed by atoms with Crippen LogP contribution in [-0.2, 0) is 0 Å². The molecule has 1 rings (SSSR count). The second-order valence-corrected chi connectivity index (χ2v) is 3.65. The number of rotatable bonds is 3. The van der Waals surface area contributed by atoms with Crippen molar-refractivity contribution < 1.29 is 14.2 Å². The quantitative estimate of drug-likeness (QED) is 0.800. The van der Waals surface area contributed by atoms with E-state index in [1.54, 1.807) is 19.9 Å². The molecule has 0 fully saturated rings. The van der Waals surface area contributed by atoms with Crippen LogP contribution in [0.2, 0.25) is 0 Å². The molecule has 0 aromatic heterocycles. The van der Waals surface area contributed by atoms with Gasteiger partial charge in [0.25, 0.3) is 0 Å². The standard InChI is InChI=1S/C11H16FNO2/c1-6-4-8(15-3)5-9(10(6)12)11(14)7(2)13/h4-5,7,11,14H,13H2,1-3H3. The molecule has 0 aliphatic heterocycles. The molecule has 0 aliphatic rings. The highest BCUT2D eigenvalue weighted by molar-refractivity contribution is 5.37. The van der Waals surface area contributed by atoms with Crippen molar-refractivity contribution in [2.24, 2.45) is 5.73 Å². The summed E-state index contributed by atoms with van der Waals surface area (Å²) in [5.74, 6) is 0.0872. The van der Waals surface area contributed by atoms with E-state index in [9.17, 15) is 9.50 Å². The van der Waals surface area contributed by atoms with Crippen molar-refractivity contribution >= 4 is 0 Å². The summed E-state index contributed by atoms with van der Waals surface area (Å²) < 4.78 is 18.7. The van der Waals surface area contributed by atoms with Crippen molar-refractivity contribution in [1.29, 1.82) is 0 Å². The topological polar surface area (TPSA) is 55.5 Å². The number of halogens is 1. The van der Waals surface area contributed by atoms with E-state index in [-0.39, 0.29) is 5.56 Å². The number of methoxy groups -OCH3 is 1. The zero-order valence-electron chi connectivity index (χ0n) is 9.12. The fourth-order valence-electron chi connectivity index (χ4n) is 1.38. The lowest BCUT2D eigenvalue weighted by atomic mass is 10.0. The number of aliphatic hydroxyl groups is 1. The van der Waals surface area contributed by atoms with Gasteiger partial charge in [-0.05, 0) is 31.5 Å². The third-order valence-electron chi connectivity index (χ3n) is 2.31. The van der Waals surface area contributed by atoms with Crippen molar-refractivity contribution in [2.75, 3.05) is 7.11 Å². The summed E-state index contributed by atoms with van der Waals surface area (Å²) in [7, 11) is 1.49. The highest BCUT2D eigenvalue weighted by Gasteiger charge is 2.19. The SMILES string of the molecule is COc1cc(C)c(F)c(C(O)C(C)N)c1. The maximum absolute atomic E-state index is 13.7. The second kappa shape index (κ2) is 4.59. The first-order valence-electron chi connectivity index (χ1n) is 4.75. The first kappa shape index (κ1) is 11.9. The molecule has 0 saturated heterocycles. The maximum Gasteiger partial charge on any atom is 0.132 e. The predicted octanol–water partition coefficient (Wildman–Crippen LogP) is 1.52. The van der Waals surface area contributed by atoms with E-state index in [0.29, 0.717) is 11.3 Å². The Bertz CT molecular complexity index is 353. The number of hydrogen-bond donors (Lipinski definition) is 2. The Balaban J connectivity index is 3.21. The molecule has 0 heterocycles. The zero-order valence-corrected chi connectivity index (χ0v) is 9.12. The molecule has 15 heavy (non-hydrogen) atoms. The van der Waals surface area contributed by atoms with Crippen molar-refractivity contribution in [3.8, 4) is 5.75 Å². The second-order valence-electron chi connectivity index (χ2n) is 3.65.